The fraction of sp³-hybridized carbons (Fsp3) is 0.190. The Morgan fingerprint density at radius 3 is 2.29 bits per heavy atom. The molecular weight excluding hydrogens is 358 g/mol. The van der Waals surface area contributed by atoms with Crippen molar-refractivity contribution in [1.29, 1.82) is 0 Å². The van der Waals surface area contributed by atoms with Crippen molar-refractivity contribution >= 4 is 34.0 Å². The lowest BCUT2D eigenvalue weighted by Crippen LogP contribution is -2.21. The quantitative estimate of drug-likeness (QED) is 0.689. The van der Waals surface area contributed by atoms with Crippen LogP contribution in [0.15, 0.2) is 59.5 Å². The third-order valence-corrected chi connectivity index (χ3v) is 4.17. The molecule has 0 bridgehead atoms. The van der Waals surface area contributed by atoms with Crippen molar-refractivity contribution in [1.82, 2.24) is 4.57 Å². The van der Waals surface area contributed by atoms with Crippen molar-refractivity contribution in [3.63, 3.8) is 0 Å². The van der Waals surface area contributed by atoms with Gasteiger partial charge in [-0.25, -0.2) is 0 Å². The number of nitrogens with zero attached hydrogens (tertiary/aromatic N) is 1. The molecule has 2 aromatic carbocycles. The number of benzene rings is 2. The minimum absolute atomic E-state index is 0.0887. The van der Waals surface area contributed by atoms with Crippen LogP contribution in [-0.4, -0.2) is 23.0 Å². The van der Waals surface area contributed by atoms with Crippen LogP contribution >= 0.6 is 0 Å². The molecule has 0 atom stereocenters. The highest BCUT2D eigenvalue weighted by Crippen LogP contribution is 2.23. The zero-order valence-corrected chi connectivity index (χ0v) is 15.7. The van der Waals surface area contributed by atoms with Crippen molar-refractivity contribution in [2.75, 3.05) is 17.2 Å². The Bertz CT molecular complexity index is 1070. The van der Waals surface area contributed by atoms with E-state index in [2.05, 4.69) is 10.6 Å². The summed E-state index contributed by atoms with van der Waals surface area (Å²) >= 11 is 0. The summed E-state index contributed by atoms with van der Waals surface area (Å²) in [7, 11) is 0. The number of pyridine rings is 1. The molecule has 0 saturated carbocycles. The Kier molecular flexibility index (Phi) is 5.74. The van der Waals surface area contributed by atoms with Gasteiger partial charge in [0.1, 0.15) is 5.75 Å². The van der Waals surface area contributed by atoms with E-state index in [1.54, 1.807) is 53.2 Å². The van der Waals surface area contributed by atoms with Crippen molar-refractivity contribution in [2.45, 2.75) is 20.4 Å². The average Bonchev–Trinajstić information content (AvgIpc) is 2.68. The number of amides is 2. The molecule has 3 rings (SSSR count). The topological polar surface area (TPSA) is 89.4 Å². The molecule has 2 N–H and O–H groups in total. The summed E-state index contributed by atoms with van der Waals surface area (Å²) < 4.78 is 7.26. The normalized spacial score (nSPS) is 10.5. The van der Waals surface area contributed by atoms with Crippen LogP contribution in [0.3, 0.4) is 0 Å². The number of hydrogen-bond acceptors (Lipinski definition) is 4. The van der Waals surface area contributed by atoms with Crippen LogP contribution in [0.1, 0.15) is 13.8 Å². The zero-order valence-electron chi connectivity index (χ0n) is 15.7. The van der Waals surface area contributed by atoms with Gasteiger partial charge in [0.15, 0.2) is 6.61 Å². The minimum Gasteiger partial charge on any atom is -0.483 e. The Morgan fingerprint density at radius 1 is 0.964 bits per heavy atom. The van der Waals surface area contributed by atoms with Crippen LogP contribution in [-0.2, 0) is 16.1 Å². The third-order valence-electron chi connectivity index (χ3n) is 4.17. The molecule has 3 aromatic rings. The van der Waals surface area contributed by atoms with Gasteiger partial charge in [-0.15, -0.1) is 0 Å². The number of anilines is 2. The maximum Gasteiger partial charge on any atom is 0.262 e. The molecule has 28 heavy (non-hydrogen) atoms. The van der Waals surface area contributed by atoms with Gasteiger partial charge >= 0.3 is 0 Å². The van der Waals surface area contributed by atoms with Gasteiger partial charge in [-0.1, -0.05) is 6.07 Å². The number of ether oxygens (including phenoxy) is 1. The Balaban J connectivity index is 1.67. The molecule has 0 aliphatic carbocycles. The summed E-state index contributed by atoms with van der Waals surface area (Å²) in [6.07, 6.45) is 1.72. The first-order valence-corrected chi connectivity index (χ1v) is 8.90. The summed E-state index contributed by atoms with van der Waals surface area (Å²) in [6, 6.07) is 13.8. The van der Waals surface area contributed by atoms with Gasteiger partial charge in [0, 0.05) is 36.4 Å². The lowest BCUT2D eigenvalue weighted by atomic mass is 10.1. The molecule has 0 saturated heterocycles. The van der Waals surface area contributed by atoms with E-state index in [0.29, 0.717) is 34.4 Å². The van der Waals surface area contributed by atoms with Gasteiger partial charge in [-0.3, -0.25) is 14.4 Å². The van der Waals surface area contributed by atoms with Crippen LogP contribution in [0, 0.1) is 0 Å². The second-order valence-electron chi connectivity index (χ2n) is 6.22. The summed E-state index contributed by atoms with van der Waals surface area (Å²) in [5.74, 6) is -0.00819. The number of rotatable bonds is 6. The van der Waals surface area contributed by atoms with Crippen molar-refractivity contribution in [3.8, 4) is 5.75 Å². The summed E-state index contributed by atoms with van der Waals surface area (Å²) in [5, 5.41) is 6.61. The average molecular weight is 379 g/mol. The van der Waals surface area contributed by atoms with E-state index in [9.17, 15) is 14.4 Å². The van der Waals surface area contributed by atoms with Gasteiger partial charge in [0.2, 0.25) is 5.91 Å². The van der Waals surface area contributed by atoms with E-state index in [0.717, 1.165) is 0 Å². The molecule has 2 amide bonds. The molecule has 144 valence electrons. The van der Waals surface area contributed by atoms with Crippen LogP contribution in [0.25, 0.3) is 10.8 Å². The number of hydrogen-bond donors (Lipinski definition) is 2. The van der Waals surface area contributed by atoms with Gasteiger partial charge < -0.3 is 19.9 Å². The number of carbonyl (C=O) groups is 2. The molecular formula is C21H21N3O4. The fourth-order valence-corrected chi connectivity index (χ4v) is 2.84. The van der Waals surface area contributed by atoms with Crippen LogP contribution in [0.2, 0.25) is 0 Å². The van der Waals surface area contributed by atoms with E-state index in [1.165, 1.54) is 6.92 Å². The highest BCUT2D eigenvalue weighted by Gasteiger charge is 2.09. The molecule has 7 nitrogen and oxygen atoms in total. The molecule has 0 spiro atoms. The van der Waals surface area contributed by atoms with E-state index in [-0.39, 0.29) is 24.0 Å². The first-order chi connectivity index (χ1) is 13.5. The van der Waals surface area contributed by atoms with E-state index in [4.69, 9.17) is 4.74 Å². The van der Waals surface area contributed by atoms with E-state index >= 15 is 0 Å². The van der Waals surface area contributed by atoms with E-state index in [1.807, 2.05) is 13.0 Å². The highest BCUT2D eigenvalue weighted by atomic mass is 16.5. The lowest BCUT2D eigenvalue weighted by molar-refractivity contribution is -0.118. The first kappa shape index (κ1) is 19.2. The first-order valence-electron chi connectivity index (χ1n) is 8.90. The van der Waals surface area contributed by atoms with Crippen LogP contribution in [0.4, 0.5) is 11.4 Å². The molecule has 1 heterocycles. The number of aryl methyl sites for hydroxylation is 1. The second kappa shape index (κ2) is 8.39. The monoisotopic (exact) mass is 379 g/mol. The predicted molar refractivity (Wildman–Crippen MR) is 109 cm³/mol. The standard InChI is InChI=1S/C21H21N3O4/c1-3-24-12-11-17-18(21(24)27)5-4-6-19(17)28-13-20(26)23-16-9-7-15(8-10-16)22-14(2)25/h4-12H,3,13H2,1-2H3,(H,22,25)(H,23,26). The van der Waals surface area contributed by atoms with E-state index < -0.39 is 0 Å². The molecule has 0 unspecified atom stereocenters. The molecule has 0 radical (unpaired) electrons. The molecule has 0 aliphatic heterocycles. The molecule has 0 fully saturated rings. The minimum atomic E-state index is -0.328. The van der Waals surface area contributed by atoms with Crippen LogP contribution in [0.5, 0.6) is 5.75 Å². The molecule has 0 aliphatic rings. The summed E-state index contributed by atoms with van der Waals surface area (Å²) in [6.45, 7) is 3.73. The number of aromatic nitrogens is 1. The summed E-state index contributed by atoms with van der Waals surface area (Å²) in [5.41, 5.74) is 1.15. The Hall–Kier alpha value is -3.61. The predicted octanol–water partition coefficient (Wildman–Crippen LogP) is 3.00. The Morgan fingerprint density at radius 2 is 1.64 bits per heavy atom. The lowest BCUT2D eigenvalue weighted by Gasteiger charge is -2.11. The largest absolute Gasteiger partial charge is 0.483 e. The van der Waals surface area contributed by atoms with Crippen molar-refractivity contribution < 1.29 is 14.3 Å². The third kappa shape index (κ3) is 4.37. The summed E-state index contributed by atoms with van der Waals surface area (Å²) in [4.78, 5) is 35.6. The molecule has 7 heteroatoms. The van der Waals surface area contributed by atoms with Gasteiger partial charge in [0.25, 0.3) is 11.5 Å². The zero-order chi connectivity index (χ0) is 20.1. The fourth-order valence-electron chi connectivity index (χ4n) is 2.84. The maximum absolute atomic E-state index is 12.4. The Labute approximate surface area is 161 Å². The van der Waals surface area contributed by atoms with Crippen LogP contribution < -0.4 is 20.9 Å². The smallest absolute Gasteiger partial charge is 0.262 e. The molecule has 1 aromatic heterocycles. The van der Waals surface area contributed by atoms with Crippen molar-refractivity contribution in [3.05, 3.63) is 65.1 Å². The number of fused-ring (bicyclic) bond motifs is 1. The van der Waals surface area contributed by atoms with Gasteiger partial charge in [-0.2, -0.15) is 0 Å². The SMILES string of the molecule is CCn1ccc2c(OCC(=O)Nc3ccc(NC(C)=O)cc3)cccc2c1=O. The highest BCUT2D eigenvalue weighted by molar-refractivity contribution is 5.93. The van der Waals surface area contributed by atoms with Crippen molar-refractivity contribution in [2.24, 2.45) is 0 Å². The maximum atomic E-state index is 12.4. The number of carbonyl (C=O) groups excluding carboxylic acids is 2. The second-order valence-corrected chi connectivity index (χ2v) is 6.22. The van der Waals surface area contributed by atoms with Gasteiger partial charge in [0.05, 0.1) is 5.39 Å². The van der Waals surface area contributed by atoms with Gasteiger partial charge in [-0.05, 0) is 49.4 Å². The number of nitrogens with one attached hydrogen (secondary N) is 2.